The van der Waals surface area contributed by atoms with Gasteiger partial charge in [-0.1, -0.05) is 0 Å². The van der Waals surface area contributed by atoms with Crippen molar-refractivity contribution in [2.45, 2.75) is 0 Å². The van der Waals surface area contributed by atoms with Gasteiger partial charge in [0.05, 0.1) is 0 Å². The van der Waals surface area contributed by atoms with E-state index in [1.165, 1.54) is 18.2 Å². The zero-order chi connectivity index (χ0) is 7.56. The number of aromatic hydroxyl groups is 1. The van der Waals surface area contributed by atoms with E-state index >= 15 is 0 Å². The zero-order valence-corrected chi connectivity index (χ0v) is 11.2. The Balaban J connectivity index is 0. The monoisotopic (exact) mass is 511 g/mol. The summed E-state index contributed by atoms with van der Waals surface area (Å²) in [6, 6.07) is 6.64. The molecule has 66 valence electrons. The van der Waals surface area contributed by atoms with Gasteiger partial charge in [0.1, 0.15) is 0 Å². The first-order chi connectivity index (χ1) is 4.72. The minimum absolute atomic E-state index is 0. The number of hydrogen-bond donors (Lipinski definition) is 2. The first-order valence-electron chi connectivity index (χ1n) is 2.65. The van der Waals surface area contributed by atoms with E-state index in [9.17, 15) is 4.79 Å². The van der Waals surface area contributed by atoms with Crippen LogP contribution in [0.5, 0.6) is 5.75 Å². The zero-order valence-electron chi connectivity index (χ0n) is 5.79. The molecular formula is C7H5O3Re2-. The quantitative estimate of drug-likeness (QED) is 0.553. The third-order valence-electron chi connectivity index (χ3n) is 1.05. The van der Waals surface area contributed by atoms with Crippen LogP contribution in [0.4, 0.5) is 0 Å². The summed E-state index contributed by atoms with van der Waals surface area (Å²) >= 11 is 0. The van der Waals surface area contributed by atoms with Gasteiger partial charge in [-0.15, -0.1) is 24.3 Å². The molecule has 0 fully saturated rings. The number of aromatic carboxylic acids is 1. The van der Waals surface area contributed by atoms with Crippen molar-refractivity contribution >= 4 is 5.97 Å². The average molecular weight is 510 g/mol. The third kappa shape index (κ3) is 3.47. The summed E-state index contributed by atoms with van der Waals surface area (Å²) in [6.07, 6.45) is 0. The Morgan fingerprint density at radius 2 is 2.00 bits per heavy atom. The van der Waals surface area contributed by atoms with Gasteiger partial charge >= 0.3 is 0 Å². The van der Waals surface area contributed by atoms with Gasteiger partial charge in [-0.05, 0) is 5.56 Å². The molecule has 0 aliphatic rings. The molecule has 0 saturated heterocycles. The van der Waals surface area contributed by atoms with E-state index in [1.807, 2.05) is 0 Å². The summed E-state index contributed by atoms with van der Waals surface area (Å²) in [4.78, 5) is 10.2. The molecule has 5 heteroatoms. The molecule has 3 nitrogen and oxygen atoms in total. The Morgan fingerprint density at radius 1 is 1.42 bits per heavy atom. The van der Waals surface area contributed by atoms with Crippen molar-refractivity contribution in [1.82, 2.24) is 0 Å². The number of benzene rings is 1. The SMILES string of the molecule is O=C(O)c1[c-]cccc1O.[Re].[Re]. The molecule has 0 aliphatic heterocycles. The van der Waals surface area contributed by atoms with Gasteiger partial charge in [-0.2, -0.15) is 0 Å². The molecule has 1 rings (SSSR count). The fourth-order valence-corrected chi connectivity index (χ4v) is 0.599. The normalized spacial score (nSPS) is 7.67. The van der Waals surface area contributed by atoms with Gasteiger partial charge < -0.3 is 15.0 Å². The van der Waals surface area contributed by atoms with Crippen molar-refractivity contribution in [2.24, 2.45) is 0 Å². The summed E-state index contributed by atoms with van der Waals surface area (Å²) in [5, 5.41) is 17.2. The van der Waals surface area contributed by atoms with Gasteiger partial charge in [0, 0.05) is 46.6 Å². The van der Waals surface area contributed by atoms with Gasteiger partial charge in [-0.3, -0.25) is 0 Å². The van der Waals surface area contributed by atoms with Crippen LogP contribution in [0.15, 0.2) is 18.2 Å². The van der Waals surface area contributed by atoms with Crippen molar-refractivity contribution in [2.75, 3.05) is 0 Å². The van der Waals surface area contributed by atoms with Crippen molar-refractivity contribution < 1.29 is 55.9 Å². The van der Waals surface area contributed by atoms with Crippen LogP contribution in [-0.2, 0) is 40.8 Å². The maximum absolute atomic E-state index is 10.2. The van der Waals surface area contributed by atoms with Crippen molar-refractivity contribution in [3.05, 3.63) is 29.8 Å². The van der Waals surface area contributed by atoms with Crippen LogP contribution in [0.1, 0.15) is 10.4 Å². The summed E-state index contributed by atoms with van der Waals surface area (Å²) in [7, 11) is 0. The topological polar surface area (TPSA) is 57.5 Å². The van der Waals surface area contributed by atoms with Crippen molar-refractivity contribution in [3.8, 4) is 5.75 Å². The summed E-state index contributed by atoms with van der Waals surface area (Å²) in [6.45, 7) is 0. The Hall–Kier alpha value is -0.185. The number of phenols is 1. The van der Waals surface area contributed by atoms with Crippen molar-refractivity contribution in [1.29, 1.82) is 0 Å². The maximum atomic E-state index is 10.2. The molecule has 0 atom stereocenters. The van der Waals surface area contributed by atoms with Crippen LogP contribution in [0.3, 0.4) is 0 Å². The van der Waals surface area contributed by atoms with Crippen LogP contribution >= 0.6 is 0 Å². The van der Waals surface area contributed by atoms with Crippen LogP contribution in [-0.4, -0.2) is 16.2 Å². The second-order valence-electron chi connectivity index (χ2n) is 1.74. The molecule has 0 aromatic heterocycles. The van der Waals surface area contributed by atoms with E-state index in [1.54, 1.807) is 0 Å². The first kappa shape index (κ1) is 14.3. The molecule has 0 unspecified atom stereocenters. The van der Waals surface area contributed by atoms with E-state index in [0.29, 0.717) is 0 Å². The second kappa shape index (κ2) is 6.34. The van der Waals surface area contributed by atoms with E-state index in [0.717, 1.165) is 0 Å². The van der Waals surface area contributed by atoms with Gasteiger partial charge in [-0.25, -0.2) is 0 Å². The Morgan fingerprint density at radius 3 is 2.33 bits per heavy atom. The summed E-state index contributed by atoms with van der Waals surface area (Å²) in [5.74, 6) is -1.42. The number of carboxylic acid groups (broad SMARTS) is 1. The second-order valence-corrected chi connectivity index (χ2v) is 1.74. The Bertz CT molecular complexity index is 263. The van der Waals surface area contributed by atoms with Gasteiger partial charge in [0.2, 0.25) is 0 Å². The molecule has 1 aromatic rings. The van der Waals surface area contributed by atoms with E-state index in [2.05, 4.69) is 6.07 Å². The minimum Gasteiger partial charge on any atom is -0.551 e. The number of hydrogen-bond acceptors (Lipinski definition) is 2. The fraction of sp³-hybridized carbons (Fsp3) is 0. The van der Waals surface area contributed by atoms with Crippen LogP contribution in [0.2, 0.25) is 0 Å². The maximum Gasteiger partial charge on any atom is 0.251 e. The fourth-order valence-electron chi connectivity index (χ4n) is 0.599. The molecule has 0 aliphatic carbocycles. The van der Waals surface area contributed by atoms with Gasteiger partial charge in [0.15, 0.2) is 0 Å². The average Bonchev–Trinajstić information content (AvgIpc) is 1.88. The smallest absolute Gasteiger partial charge is 0.251 e. The van der Waals surface area contributed by atoms with E-state index < -0.39 is 5.97 Å². The van der Waals surface area contributed by atoms with Crippen LogP contribution < -0.4 is 0 Å². The third-order valence-corrected chi connectivity index (χ3v) is 1.05. The molecular weight excluding hydrogens is 504 g/mol. The molecule has 0 spiro atoms. The van der Waals surface area contributed by atoms with E-state index in [-0.39, 0.29) is 52.2 Å². The molecule has 12 heavy (non-hydrogen) atoms. The van der Waals surface area contributed by atoms with Gasteiger partial charge in [0.25, 0.3) is 5.97 Å². The predicted octanol–water partition coefficient (Wildman–Crippen LogP) is 0.886. The Kier molecular flexibility index (Phi) is 7.58. The van der Waals surface area contributed by atoms with Crippen LogP contribution in [0.25, 0.3) is 0 Å². The molecule has 2 N–H and O–H groups in total. The predicted molar refractivity (Wildman–Crippen MR) is 33.9 cm³/mol. The largest absolute Gasteiger partial charge is 0.551 e. The Labute approximate surface area is 97.1 Å². The number of carbonyl (C=O) groups is 1. The molecule has 2 radical (unpaired) electrons. The summed E-state index contributed by atoms with van der Waals surface area (Å²) < 4.78 is 0. The van der Waals surface area contributed by atoms with Crippen LogP contribution in [0, 0.1) is 6.07 Å². The number of carboxylic acids is 1. The first-order valence-corrected chi connectivity index (χ1v) is 2.65. The molecule has 0 saturated carbocycles. The molecule has 0 heterocycles. The van der Waals surface area contributed by atoms with Crippen molar-refractivity contribution in [3.63, 3.8) is 0 Å². The molecule has 1 aromatic carbocycles. The molecule has 0 bridgehead atoms. The molecule has 0 amide bonds. The summed E-state index contributed by atoms with van der Waals surface area (Å²) in [5.41, 5.74) is -0.192. The standard InChI is InChI=1S/C7H5O3.2Re/c8-6-4-2-1-3-5(6)7(9)10;;/h1-2,4,8H,(H,9,10);;/q-1;;. The van der Waals surface area contributed by atoms with E-state index in [4.69, 9.17) is 10.2 Å². The minimum atomic E-state index is -1.17. The number of rotatable bonds is 1.